The first kappa shape index (κ1) is 12.9. The molecule has 2 rings (SSSR count). The third kappa shape index (κ3) is 3.20. The molecule has 1 saturated carbocycles. The molecule has 0 amide bonds. The van der Waals surface area contributed by atoms with Crippen molar-refractivity contribution < 1.29 is 4.74 Å². The highest BCUT2D eigenvalue weighted by atomic mass is 16.5. The number of nitrogens with zero attached hydrogens (tertiary/aromatic N) is 2. The van der Waals surface area contributed by atoms with Crippen LogP contribution in [0.1, 0.15) is 45.4 Å². The SMILES string of the molecule is CCOC1CCN(C2CCCCC2C#N)CC1. The molecule has 0 aromatic heterocycles. The van der Waals surface area contributed by atoms with Gasteiger partial charge in [0.1, 0.15) is 0 Å². The Hall–Kier alpha value is -0.590. The Bertz CT molecular complexity index is 266. The van der Waals surface area contributed by atoms with Gasteiger partial charge >= 0.3 is 0 Å². The van der Waals surface area contributed by atoms with Crippen LogP contribution >= 0.6 is 0 Å². The van der Waals surface area contributed by atoms with Crippen LogP contribution in [0.25, 0.3) is 0 Å². The molecule has 0 aromatic carbocycles. The standard InChI is InChI=1S/C14H24N2O/c1-2-17-13-7-9-16(10-8-13)14-6-4-3-5-12(14)11-15/h12-14H,2-10H2,1H3. The highest BCUT2D eigenvalue weighted by molar-refractivity contribution is 4.96. The van der Waals surface area contributed by atoms with Gasteiger partial charge in [-0.25, -0.2) is 0 Å². The average molecular weight is 236 g/mol. The Morgan fingerprint density at radius 1 is 1.18 bits per heavy atom. The van der Waals surface area contributed by atoms with E-state index >= 15 is 0 Å². The molecule has 1 heterocycles. The van der Waals surface area contributed by atoms with E-state index in [-0.39, 0.29) is 5.92 Å². The third-order valence-electron chi connectivity index (χ3n) is 4.24. The van der Waals surface area contributed by atoms with Gasteiger partial charge in [-0.1, -0.05) is 12.8 Å². The molecule has 2 unspecified atom stereocenters. The van der Waals surface area contributed by atoms with E-state index in [4.69, 9.17) is 4.74 Å². The molecule has 0 aromatic rings. The minimum atomic E-state index is 0.271. The molecule has 0 spiro atoms. The Balaban J connectivity index is 1.84. The quantitative estimate of drug-likeness (QED) is 0.755. The van der Waals surface area contributed by atoms with E-state index in [1.807, 2.05) is 0 Å². The van der Waals surface area contributed by atoms with E-state index in [1.54, 1.807) is 0 Å². The molecular weight excluding hydrogens is 212 g/mol. The number of ether oxygens (including phenoxy) is 1. The van der Waals surface area contributed by atoms with Gasteiger partial charge in [0.25, 0.3) is 0 Å². The topological polar surface area (TPSA) is 36.3 Å². The monoisotopic (exact) mass is 236 g/mol. The van der Waals surface area contributed by atoms with Crippen LogP contribution in [0.15, 0.2) is 0 Å². The second-order valence-corrected chi connectivity index (χ2v) is 5.28. The van der Waals surface area contributed by atoms with E-state index in [0.717, 1.165) is 39.0 Å². The summed E-state index contributed by atoms with van der Waals surface area (Å²) >= 11 is 0. The molecule has 1 aliphatic heterocycles. The fourth-order valence-electron chi connectivity index (χ4n) is 3.31. The molecule has 1 saturated heterocycles. The van der Waals surface area contributed by atoms with Crippen LogP contribution in [-0.4, -0.2) is 36.7 Å². The van der Waals surface area contributed by atoms with Crippen LogP contribution in [0, 0.1) is 17.2 Å². The summed E-state index contributed by atoms with van der Waals surface area (Å²) in [5.74, 6) is 0.271. The molecule has 0 radical (unpaired) electrons. The zero-order chi connectivity index (χ0) is 12.1. The molecule has 3 nitrogen and oxygen atoms in total. The van der Waals surface area contributed by atoms with E-state index in [2.05, 4.69) is 17.9 Å². The van der Waals surface area contributed by atoms with Crippen molar-refractivity contribution in [1.29, 1.82) is 5.26 Å². The van der Waals surface area contributed by atoms with Crippen LogP contribution in [0.4, 0.5) is 0 Å². The largest absolute Gasteiger partial charge is 0.378 e. The molecule has 2 atom stereocenters. The van der Waals surface area contributed by atoms with E-state index in [0.29, 0.717) is 12.1 Å². The van der Waals surface area contributed by atoms with E-state index < -0.39 is 0 Å². The lowest BCUT2D eigenvalue weighted by Gasteiger charge is -2.41. The minimum absolute atomic E-state index is 0.271. The van der Waals surface area contributed by atoms with Gasteiger partial charge in [-0.3, -0.25) is 4.90 Å². The van der Waals surface area contributed by atoms with Crippen LogP contribution in [0.5, 0.6) is 0 Å². The minimum Gasteiger partial charge on any atom is -0.378 e. The first-order valence-electron chi connectivity index (χ1n) is 7.10. The Morgan fingerprint density at radius 3 is 2.53 bits per heavy atom. The second-order valence-electron chi connectivity index (χ2n) is 5.28. The van der Waals surface area contributed by atoms with Gasteiger partial charge in [0.15, 0.2) is 0 Å². The molecule has 2 fully saturated rings. The van der Waals surface area contributed by atoms with Crippen molar-refractivity contribution >= 4 is 0 Å². The number of likely N-dealkylation sites (tertiary alicyclic amines) is 1. The Kier molecular flexibility index (Phi) is 4.82. The first-order chi connectivity index (χ1) is 8.35. The molecule has 2 aliphatic rings. The zero-order valence-corrected chi connectivity index (χ0v) is 10.9. The molecule has 0 bridgehead atoms. The maximum Gasteiger partial charge on any atom is 0.0672 e. The van der Waals surface area contributed by atoms with Crippen molar-refractivity contribution in [1.82, 2.24) is 4.90 Å². The fraction of sp³-hybridized carbons (Fsp3) is 0.929. The van der Waals surface area contributed by atoms with Gasteiger partial charge in [0.05, 0.1) is 18.1 Å². The Morgan fingerprint density at radius 2 is 1.88 bits per heavy atom. The fourth-order valence-corrected chi connectivity index (χ4v) is 3.31. The predicted octanol–water partition coefficient (Wildman–Crippen LogP) is 2.57. The number of nitriles is 1. The summed E-state index contributed by atoms with van der Waals surface area (Å²) in [4.78, 5) is 2.54. The van der Waals surface area contributed by atoms with Crippen molar-refractivity contribution in [2.75, 3.05) is 19.7 Å². The van der Waals surface area contributed by atoms with E-state index in [9.17, 15) is 5.26 Å². The molecule has 3 heteroatoms. The maximum atomic E-state index is 9.23. The van der Waals surface area contributed by atoms with Crippen molar-refractivity contribution in [3.63, 3.8) is 0 Å². The highest BCUT2D eigenvalue weighted by Gasteiger charge is 2.32. The summed E-state index contributed by atoms with van der Waals surface area (Å²) in [5, 5.41) is 9.23. The van der Waals surface area contributed by atoms with Gasteiger partial charge in [-0.15, -0.1) is 0 Å². The third-order valence-corrected chi connectivity index (χ3v) is 4.24. The van der Waals surface area contributed by atoms with Gasteiger partial charge in [0.2, 0.25) is 0 Å². The number of piperidine rings is 1. The molecule has 0 N–H and O–H groups in total. The van der Waals surface area contributed by atoms with Crippen molar-refractivity contribution in [3.8, 4) is 6.07 Å². The summed E-state index contributed by atoms with van der Waals surface area (Å²) in [7, 11) is 0. The van der Waals surface area contributed by atoms with Crippen LogP contribution in [-0.2, 0) is 4.74 Å². The lowest BCUT2D eigenvalue weighted by Crippen LogP contribution is -2.47. The number of hydrogen-bond acceptors (Lipinski definition) is 3. The predicted molar refractivity (Wildman–Crippen MR) is 67.6 cm³/mol. The molecular formula is C14H24N2O. The summed E-state index contributed by atoms with van der Waals surface area (Å²) in [6, 6.07) is 3.04. The summed E-state index contributed by atoms with van der Waals surface area (Å²) < 4.78 is 5.68. The van der Waals surface area contributed by atoms with Gasteiger partial charge in [0, 0.05) is 25.7 Å². The molecule has 96 valence electrons. The smallest absolute Gasteiger partial charge is 0.0672 e. The average Bonchev–Trinajstić information content (AvgIpc) is 2.40. The second kappa shape index (κ2) is 6.37. The lowest BCUT2D eigenvalue weighted by atomic mass is 9.83. The van der Waals surface area contributed by atoms with Gasteiger partial charge in [-0.2, -0.15) is 5.26 Å². The van der Waals surface area contributed by atoms with E-state index in [1.165, 1.54) is 19.3 Å². The normalized spacial score (nSPS) is 32.2. The summed E-state index contributed by atoms with van der Waals surface area (Å²) in [5.41, 5.74) is 0. The lowest BCUT2D eigenvalue weighted by molar-refractivity contribution is -0.00533. The molecule has 1 aliphatic carbocycles. The maximum absolute atomic E-state index is 9.23. The number of hydrogen-bond donors (Lipinski definition) is 0. The first-order valence-corrected chi connectivity index (χ1v) is 7.10. The van der Waals surface area contributed by atoms with Crippen LogP contribution < -0.4 is 0 Å². The molecule has 17 heavy (non-hydrogen) atoms. The van der Waals surface area contributed by atoms with Crippen molar-refractivity contribution in [2.45, 2.75) is 57.6 Å². The van der Waals surface area contributed by atoms with Gasteiger partial charge < -0.3 is 4.74 Å². The van der Waals surface area contributed by atoms with Crippen LogP contribution in [0.3, 0.4) is 0 Å². The number of rotatable bonds is 3. The van der Waals surface area contributed by atoms with Gasteiger partial charge in [-0.05, 0) is 32.6 Å². The summed E-state index contributed by atoms with van der Waals surface area (Å²) in [6.45, 7) is 5.13. The van der Waals surface area contributed by atoms with Crippen LogP contribution in [0.2, 0.25) is 0 Å². The zero-order valence-electron chi connectivity index (χ0n) is 10.9. The Labute approximate surface area is 105 Å². The highest BCUT2D eigenvalue weighted by Crippen LogP contribution is 2.30. The summed E-state index contributed by atoms with van der Waals surface area (Å²) in [6.07, 6.45) is 7.60. The van der Waals surface area contributed by atoms with Crippen molar-refractivity contribution in [2.24, 2.45) is 5.92 Å². The van der Waals surface area contributed by atoms with Crippen molar-refractivity contribution in [3.05, 3.63) is 0 Å².